The third-order valence-electron chi connectivity index (χ3n) is 4.08. The fraction of sp³-hybridized carbons (Fsp3) is 0.100. The number of aryl methyl sites for hydroxylation is 1. The van der Waals surface area contributed by atoms with Crippen LogP contribution in [0.5, 0.6) is 5.75 Å². The third-order valence-corrected chi connectivity index (χ3v) is 5.85. The summed E-state index contributed by atoms with van der Waals surface area (Å²) >= 11 is 11.8. The van der Waals surface area contributed by atoms with Gasteiger partial charge in [-0.25, -0.2) is 8.42 Å². The number of hydrogen-bond donors (Lipinski definition) is 0. The summed E-state index contributed by atoms with van der Waals surface area (Å²) in [5, 5.41) is 0.337. The van der Waals surface area contributed by atoms with Crippen LogP contribution in [0.3, 0.4) is 0 Å². The molecule has 0 aliphatic rings. The van der Waals surface area contributed by atoms with Crippen LogP contribution in [0, 0.1) is 6.92 Å². The third kappa shape index (κ3) is 5.63. The zero-order valence-corrected chi connectivity index (χ0v) is 21.8. The quantitative estimate of drug-likeness (QED) is 0.514. The predicted octanol–water partition coefficient (Wildman–Crippen LogP) is 2.28. The molecule has 0 fully saturated rings. The Bertz CT molecular complexity index is 1200. The van der Waals surface area contributed by atoms with Gasteiger partial charge in [0, 0.05) is 22.3 Å². The van der Waals surface area contributed by atoms with Crippen molar-refractivity contribution in [2.45, 2.75) is 11.8 Å². The summed E-state index contributed by atoms with van der Waals surface area (Å²) in [5.41, 5.74) is 1.81. The van der Waals surface area contributed by atoms with E-state index >= 15 is 0 Å². The number of halogens is 2. The number of sulfonamides is 1. The van der Waals surface area contributed by atoms with Gasteiger partial charge in [0.25, 0.3) is 0 Å². The van der Waals surface area contributed by atoms with Crippen molar-refractivity contribution in [1.82, 2.24) is 4.98 Å². The molecule has 0 unspecified atom stereocenters. The van der Waals surface area contributed by atoms with Gasteiger partial charge < -0.3 is 14.3 Å². The molecular formula is C20H15Cl2KN2O4S. The maximum absolute atomic E-state index is 12.6. The van der Waals surface area contributed by atoms with Crippen molar-refractivity contribution in [1.29, 1.82) is 0 Å². The van der Waals surface area contributed by atoms with E-state index in [1.54, 1.807) is 20.1 Å². The molecule has 6 nitrogen and oxygen atoms in total. The number of amides is 1. The van der Waals surface area contributed by atoms with E-state index in [4.69, 9.17) is 27.9 Å². The van der Waals surface area contributed by atoms with Crippen LogP contribution in [-0.4, -0.2) is 26.4 Å². The molecule has 0 saturated heterocycles. The second kappa shape index (κ2) is 10.6. The number of para-hydroxylation sites is 1. The van der Waals surface area contributed by atoms with E-state index in [-0.39, 0.29) is 66.9 Å². The maximum atomic E-state index is 12.6. The Morgan fingerprint density at radius 3 is 2.43 bits per heavy atom. The van der Waals surface area contributed by atoms with Crippen molar-refractivity contribution in [3.8, 4) is 17.0 Å². The SMILES string of the molecule is COc1ccccc1-c1ncc(S(=O)(=O)[N-]C(=O)c2ccc(Cl)cc2Cl)cc1C.[K+]. The number of benzene rings is 2. The van der Waals surface area contributed by atoms with Gasteiger partial charge in [-0.1, -0.05) is 35.3 Å². The van der Waals surface area contributed by atoms with E-state index in [1.165, 1.54) is 24.3 Å². The average molecular weight is 489 g/mol. The second-order valence-corrected chi connectivity index (χ2v) is 8.48. The zero-order valence-electron chi connectivity index (χ0n) is 16.4. The maximum Gasteiger partial charge on any atom is 1.00 e. The van der Waals surface area contributed by atoms with Gasteiger partial charge in [-0.15, -0.1) is 0 Å². The fourth-order valence-corrected chi connectivity index (χ4v) is 4.11. The van der Waals surface area contributed by atoms with Crippen molar-refractivity contribution >= 4 is 39.1 Å². The molecule has 150 valence electrons. The smallest absolute Gasteiger partial charge is 0.537 e. The minimum Gasteiger partial charge on any atom is -0.537 e. The number of methoxy groups -OCH3 is 1. The van der Waals surface area contributed by atoms with Gasteiger partial charge in [0.15, 0.2) is 0 Å². The van der Waals surface area contributed by atoms with Gasteiger partial charge in [0.1, 0.15) is 15.8 Å². The molecule has 30 heavy (non-hydrogen) atoms. The van der Waals surface area contributed by atoms with E-state index in [0.717, 1.165) is 11.8 Å². The van der Waals surface area contributed by atoms with Crippen molar-refractivity contribution in [3.05, 3.63) is 80.6 Å². The minimum absolute atomic E-state index is 0. The topological polar surface area (TPSA) is 87.4 Å². The summed E-state index contributed by atoms with van der Waals surface area (Å²) in [7, 11) is -2.74. The molecule has 1 aromatic heterocycles. The molecule has 10 heteroatoms. The van der Waals surface area contributed by atoms with Gasteiger partial charge in [-0.3, -0.25) is 4.98 Å². The van der Waals surface area contributed by atoms with Crippen LogP contribution in [0.1, 0.15) is 15.9 Å². The molecular weight excluding hydrogens is 474 g/mol. The first-order chi connectivity index (χ1) is 13.7. The Morgan fingerprint density at radius 1 is 1.10 bits per heavy atom. The Labute approximate surface area is 227 Å². The Morgan fingerprint density at radius 2 is 1.80 bits per heavy atom. The Kier molecular flexibility index (Phi) is 8.90. The van der Waals surface area contributed by atoms with Crippen molar-refractivity contribution in [2.24, 2.45) is 0 Å². The minimum atomic E-state index is -4.28. The predicted molar refractivity (Wildman–Crippen MR) is 112 cm³/mol. The van der Waals surface area contributed by atoms with Crippen LogP contribution in [0.4, 0.5) is 0 Å². The van der Waals surface area contributed by atoms with Crippen LogP contribution >= 0.6 is 23.2 Å². The van der Waals surface area contributed by atoms with E-state index in [0.29, 0.717) is 22.0 Å². The van der Waals surface area contributed by atoms with Gasteiger partial charge in [0.2, 0.25) is 0 Å². The zero-order chi connectivity index (χ0) is 21.2. The number of pyridine rings is 1. The summed E-state index contributed by atoms with van der Waals surface area (Å²) in [4.78, 5) is 16.4. The van der Waals surface area contributed by atoms with E-state index in [1.807, 2.05) is 18.2 Å². The largest absolute Gasteiger partial charge is 1.00 e. The van der Waals surface area contributed by atoms with Gasteiger partial charge in [0.05, 0.1) is 28.6 Å². The summed E-state index contributed by atoms with van der Waals surface area (Å²) in [6, 6.07) is 12.7. The van der Waals surface area contributed by atoms with Crippen LogP contribution in [0.25, 0.3) is 16.0 Å². The number of carbonyl (C=O) groups excluding carboxylic acids is 1. The van der Waals surface area contributed by atoms with Gasteiger partial charge in [-0.05, 0) is 48.9 Å². The van der Waals surface area contributed by atoms with Crippen LogP contribution in [0.15, 0.2) is 59.6 Å². The molecule has 3 rings (SSSR count). The molecule has 0 N–H and O–H groups in total. The molecule has 1 amide bonds. The summed E-state index contributed by atoms with van der Waals surface area (Å²) in [6.07, 6.45) is 1.16. The molecule has 0 aliphatic carbocycles. The number of rotatable bonds is 5. The first-order valence-electron chi connectivity index (χ1n) is 8.30. The standard InChI is InChI=1S/C20H16Cl2N2O4S.K/c1-12-9-14(11-23-19(12)16-5-3-4-6-18(16)28-2)29(26,27)24-20(25)15-8-7-13(21)10-17(15)22;/h3-11H,1-2H3,(H,24,25);/q;+1/p-1. The van der Waals surface area contributed by atoms with Crippen molar-refractivity contribution in [3.63, 3.8) is 0 Å². The molecule has 0 atom stereocenters. The molecule has 0 spiro atoms. The molecule has 0 saturated carbocycles. The van der Waals surface area contributed by atoms with E-state index in [9.17, 15) is 13.2 Å². The van der Waals surface area contributed by atoms with Gasteiger partial charge >= 0.3 is 51.4 Å². The van der Waals surface area contributed by atoms with E-state index < -0.39 is 15.9 Å². The first-order valence-corrected chi connectivity index (χ1v) is 10.5. The average Bonchev–Trinajstić information content (AvgIpc) is 2.67. The fourth-order valence-electron chi connectivity index (χ4n) is 2.69. The summed E-state index contributed by atoms with van der Waals surface area (Å²) < 4.78 is 33.9. The Balaban J connectivity index is 0.00000320. The van der Waals surface area contributed by atoms with Crippen LogP contribution < -0.4 is 56.1 Å². The normalized spacial score (nSPS) is 10.8. The van der Waals surface area contributed by atoms with Crippen molar-refractivity contribution < 1.29 is 69.3 Å². The van der Waals surface area contributed by atoms with Crippen LogP contribution in [-0.2, 0) is 10.0 Å². The molecule has 0 bridgehead atoms. The summed E-state index contributed by atoms with van der Waals surface area (Å²) in [6.45, 7) is 1.71. The second-order valence-electron chi connectivity index (χ2n) is 6.03. The molecule has 0 aliphatic heterocycles. The number of aromatic nitrogens is 1. The van der Waals surface area contributed by atoms with Crippen molar-refractivity contribution in [2.75, 3.05) is 7.11 Å². The van der Waals surface area contributed by atoms with Crippen LogP contribution in [0.2, 0.25) is 10.0 Å². The first kappa shape index (κ1) is 25.3. The van der Waals surface area contributed by atoms with Gasteiger partial charge in [-0.2, -0.15) is 0 Å². The summed E-state index contributed by atoms with van der Waals surface area (Å²) in [5.74, 6) is -0.380. The Hall–Kier alpha value is -0.974. The number of hydrogen-bond acceptors (Lipinski definition) is 5. The molecule has 0 radical (unpaired) electrons. The molecule has 3 aromatic rings. The molecule has 1 heterocycles. The number of ether oxygens (including phenoxy) is 1. The number of nitrogens with zero attached hydrogens (tertiary/aromatic N) is 2. The van der Waals surface area contributed by atoms with E-state index in [2.05, 4.69) is 9.71 Å². The monoisotopic (exact) mass is 488 g/mol. The number of carbonyl (C=O) groups is 1. The molecule has 2 aromatic carbocycles.